The number of halogens is 1. The standard InChI is InChI=1S/C9H8ClN3S/c10-7-5-6(11)1-2-8(7)14-9-12-3-4-13-9/h1-5H,11H2,(H,12,13). The smallest absolute Gasteiger partial charge is 0.170 e. The van der Waals surface area contributed by atoms with Crippen molar-refractivity contribution in [2.24, 2.45) is 0 Å². The lowest BCUT2D eigenvalue weighted by molar-refractivity contribution is 1.06. The molecule has 1 aromatic heterocycles. The summed E-state index contributed by atoms with van der Waals surface area (Å²) in [4.78, 5) is 8.02. The van der Waals surface area contributed by atoms with E-state index >= 15 is 0 Å². The fraction of sp³-hybridized carbons (Fsp3) is 0. The summed E-state index contributed by atoms with van der Waals surface area (Å²) in [5.41, 5.74) is 6.25. The summed E-state index contributed by atoms with van der Waals surface area (Å²) in [5, 5.41) is 1.46. The number of hydrogen-bond donors (Lipinski definition) is 2. The van der Waals surface area contributed by atoms with Crippen LogP contribution in [0.4, 0.5) is 5.69 Å². The van der Waals surface area contributed by atoms with Crippen LogP contribution >= 0.6 is 23.4 Å². The van der Waals surface area contributed by atoms with Crippen molar-refractivity contribution in [3.05, 3.63) is 35.6 Å². The molecule has 0 amide bonds. The Morgan fingerprint density at radius 2 is 2.29 bits per heavy atom. The zero-order valence-corrected chi connectivity index (χ0v) is 8.77. The van der Waals surface area contributed by atoms with Crippen LogP contribution in [0.2, 0.25) is 5.02 Å². The second kappa shape index (κ2) is 3.94. The van der Waals surface area contributed by atoms with Crippen molar-refractivity contribution in [3.63, 3.8) is 0 Å². The van der Waals surface area contributed by atoms with Crippen LogP contribution in [0.3, 0.4) is 0 Å². The fourth-order valence-corrected chi connectivity index (χ4v) is 2.06. The second-order valence-corrected chi connectivity index (χ2v) is 4.12. The Bertz CT molecular complexity index is 428. The van der Waals surface area contributed by atoms with Crippen molar-refractivity contribution in [2.45, 2.75) is 10.1 Å². The van der Waals surface area contributed by atoms with Crippen molar-refractivity contribution < 1.29 is 0 Å². The van der Waals surface area contributed by atoms with Crippen molar-refractivity contribution in [1.82, 2.24) is 9.97 Å². The molecule has 0 saturated heterocycles. The van der Waals surface area contributed by atoms with Crippen LogP contribution in [0.25, 0.3) is 0 Å². The number of H-pyrrole nitrogens is 1. The average Bonchev–Trinajstić information content (AvgIpc) is 2.62. The summed E-state index contributed by atoms with van der Waals surface area (Å²) in [6.07, 6.45) is 3.47. The monoisotopic (exact) mass is 225 g/mol. The maximum atomic E-state index is 6.00. The molecule has 0 bridgehead atoms. The van der Waals surface area contributed by atoms with Gasteiger partial charge in [-0.15, -0.1) is 0 Å². The highest BCUT2D eigenvalue weighted by atomic mass is 35.5. The zero-order chi connectivity index (χ0) is 9.97. The summed E-state index contributed by atoms with van der Waals surface area (Å²) < 4.78 is 0. The molecule has 2 aromatic rings. The predicted octanol–water partition coefficient (Wildman–Crippen LogP) is 2.80. The first-order valence-electron chi connectivity index (χ1n) is 3.98. The molecular formula is C9H8ClN3S. The Labute approximate surface area is 90.7 Å². The number of nitrogens with two attached hydrogens (primary N) is 1. The molecule has 0 aliphatic rings. The lowest BCUT2D eigenvalue weighted by atomic mass is 10.3. The number of aromatic nitrogens is 2. The van der Waals surface area contributed by atoms with Crippen LogP contribution < -0.4 is 5.73 Å². The Hall–Kier alpha value is -1.13. The number of benzene rings is 1. The van der Waals surface area contributed by atoms with E-state index in [2.05, 4.69) is 9.97 Å². The Balaban J connectivity index is 2.25. The van der Waals surface area contributed by atoms with Gasteiger partial charge >= 0.3 is 0 Å². The Kier molecular flexibility index (Phi) is 2.65. The molecule has 0 atom stereocenters. The quantitative estimate of drug-likeness (QED) is 0.773. The second-order valence-electron chi connectivity index (χ2n) is 2.69. The van der Waals surface area contributed by atoms with Gasteiger partial charge in [0.1, 0.15) is 0 Å². The minimum Gasteiger partial charge on any atom is -0.399 e. The molecule has 14 heavy (non-hydrogen) atoms. The van der Waals surface area contributed by atoms with Gasteiger partial charge in [0.05, 0.1) is 5.02 Å². The molecule has 0 spiro atoms. The van der Waals surface area contributed by atoms with Gasteiger partial charge in [0, 0.05) is 23.0 Å². The first-order chi connectivity index (χ1) is 6.75. The van der Waals surface area contributed by atoms with Gasteiger partial charge in [0.2, 0.25) is 0 Å². The Morgan fingerprint density at radius 1 is 1.43 bits per heavy atom. The van der Waals surface area contributed by atoms with Crippen LogP contribution in [-0.2, 0) is 0 Å². The van der Waals surface area contributed by atoms with Crippen molar-refractivity contribution in [2.75, 3.05) is 5.73 Å². The van der Waals surface area contributed by atoms with E-state index in [1.54, 1.807) is 18.5 Å². The zero-order valence-electron chi connectivity index (χ0n) is 7.20. The van der Waals surface area contributed by atoms with E-state index in [-0.39, 0.29) is 0 Å². The molecular weight excluding hydrogens is 218 g/mol. The van der Waals surface area contributed by atoms with Crippen molar-refractivity contribution >= 4 is 29.1 Å². The van der Waals surface area contributed by atoms with Gasteiger partial charge in [-0.05, 0) is 18.2 Å². The summed E-state index contributed by atoms with van der Waals surface area (Å²) in [6, 6.07) is 5.43. The van der Waals surface area contributed by atoms with E-state index in [1.807, 2.05) is 12.1 Å². The number of hydrogen-bond acceptors (Lipinski definition) is 3. The third kappa shape index (κ3) is 2.02. The summed E-state index contributed by atoms with van der Waals surface area (Å²) in [7, 11) is 0. The first-order valence-corrected chi connectivity index (χ1v) is 5.17. The molecule has 2 rings (SSSR count). The molecule has 3 nitrogen and oxygen atoms in total. The number of anilines is 1. The van der Waals surface area contributed by atoms with Gasteiger partial charge in [-0.25, -0.2) is 4.98 Å². The van der Waals surface area contributed by atoms with E-state index in [0.29, 0.717) is 10.7 Å². The first kappa shape index (κ1) is 9.43. The van der Waals surface area contributed by atoms with Gasteiger partial charge in [0.25, 0.3) is 0 Å². The van der Waals surface area contributed by atoms with Gasteiger partial charge < -0.3 is 10.7 Å². The molecule has 0 saturated carbocycles. The van der Waals surface area contributed by atoms with Crippen LogP contribution in [0, 0.1) is 0 Å². The van der Waals surface area contributed by atoms with Gasteiger partial charge in [-0.1, -0.05) is 23.4 Å². The SMILES string of the molecule is Nc1ccc(Sc2ncc[nH]2)c(Cl)c1. The van der Waals surface area contributed by atoms with E-state index < -0.39 is 0 Å². The minimum atomic E-state index is 0.645. The van der Waals surface area contributed by atoms with E-state index in [9.17, 15) is 0 Å². The number of aromatic amines is 1. The Morgan fingerprint density at radius 3 is 2.93 bits per heavy atom. The van der Waals surface area contributed by atoms with E-state index in [0.717, 1.165) is 10.1 Å². The highest BCUT2D eigenvalue weighted by Gasteiger charge is 2.04. The lowest BCUT2D eigenvalue weighted by Crippen LogP contribution is -1.84. The maximum Gasteiger partial charge on any atom is 0.170 e. The summed E-state index contributed by atoms with van der Waals surface area (Å²) in [5.74, 6) is 0. The highest BCUT2D eigenvalue weighted by Crippen LogP contribution is 2.32. The molecule has 1 aromatic carbocycles. The number of rotatable bonds is 2. The molecule has 5 heteroatoms. The van der Waals surface area contributed by atoms with Crippen LogP contribution in [0.5, 0.6) is 0 Å². The van der Waals surface area contributed by atoms with E-state index in [4.69, 9.17) is 17.3 Å². The van der Waals surface area contributed by atoms with Gasteiger partial charge in [0.15, 0.2) is 5.16 Å². The molecule has 0 aliphatic heterocycles. The van der Waals surface area contributed by atoms with Crippen LogP contribution in [0.15, 0.2) is 40.6 Å². The normalized spacial score (nSPS) is 10.4. The number of nitrogen functional groups attached to an aromatic ring is 1. The molecule has 1 heterocycles. The summed E-state index contributed by atoms with van der Waals surface area (Å²) >= 11 is 7.48. The molecule has 72 valence electrons. The van der Waals surface area contributed by atoms with Crippen molar-refractivity contribution in [1.29, 1.82) is 0 Å². The molecule has 0 fully saturated rings. The third-order valence-corrected chi connectivity index (χ3v) is 3.05. The maximum absolute atomic E-state index is 6.00. The van der Waals surface area contributed by atoms with Gasteiger partial charge in [-0.2, -0.15) is 0 Å². The fourth-order valence-electron chi connectivity index (χ4n) is 1.01. The van der Waals surface area contributed by atoms with Crippen LogP contribution in [0.1, 0.15) is 0 Å². The summed E-state index contributed by atoms with van der Waals surface area (Å²) in [6.45, 7) is 0. The number of nitrogens with one attached hydrogen (secondary N) is 1. The minimum absolute atomic E-state index is 0.645. The topological polar surface area (TPSA) is 54.7 Å². The van der Waals surface area contributed by atoms with Crippen molar-refractivity contribution in [3.8, 4) is 0 Å². The number of nitrogens with zero attached hydrogens (tertiary/aromatic N) is 1. The average molecular weight is 226 g/mol. The molecule has 3 N–H and O–H groups in total. The molecule has 0 unspecified atom stereocenters. The van der Waals surface area contributed by atoms with Crippen LogP contribution in [-0.4, -0.2) is 9.97 Å². The number of imidazole rings is 1. The molecule has 0 aliphatic carbocycles. The third-order valence-electron chi connectivity index (χ3n) is 1.64. The molecule has 0 radical (unpaired) electrons. The highest BCUT2D eigenvalue weighted by molar-refractivity contribution is 7.99. The van der Waals surface area contributed by atoms with E-state index in [1.165, 1.54) is 11.8 Å². The predicted molar refractivity (Wildman–Crippen MR) is 58.6 cm³/mol. The lowest BCUT2D eigenvalue weighted by Gasteiger charge is -2.01. The largest absolute Gasteiger partial charge is 0.399 e. The van der Waals surface area contributed by atoms with Gasteiger partial charge in [-0.3, -0.25) is 0 Å².